The minimum absolute atomic E-state index is 0.0525. The van der Waals surface area contributed by atoms with E-state index in [2.05, 4.69) is 15.3 Å². The maximum absolute atomic E-state index is 12.0. The first-order valence-electron chi connectivity index (χ1n) is 7.16. The molecule has 1 heterocycles. The van der Waals surface area contributed by atoms with Gasteiger partial charge in [-0.1, -0.05) is 49.0 Å². The highest BCUT2D eigenvalue weighted by Gasteiger charge is 2.10. The van der Waals surface area contributed by atoms with Gasteiger partial charge in [-0.2, -0.15) is 0 Å². The lowest BCUT2D eigenvalue weighted by atomic mass is 10.1. The summed E-state index contributed by atoms with van der Waals surface area (Å²) < 4.78 is 0. The topological polar surface area (TPSA) is 74.8 Å². The number of thioether (sulfide) groups is 1. The van der Waals surface area contributed by atoms with Crippen LogP contribution in [0.4, 0.5) is 0 Å². The van der Waals surface area contributed by atoms with Gasteiger partial charge in [-0.25, -0.2) is 4.98 Å². The lowest BCUT2D eigenvalue weighted by molar-refractivity contribution is -0.119. The van der Waals surface area contributed by atoms with E-state index < -0.39 is 0 Å². The molecule has 2 N–H and O–H groups in total. The summed E-state index contributed by atoms with van der Waals surface area (Å²) in [5, 5.41) is 3.41. The van der Waals surface area contributed by atoms with Crippen LogP contribution < -0.4 is 10.9 Å². The molecule has 0 aliphatic carbocycles. The van der Waals surface area contributed by atoms with Crippen LogP contribution >= 0.6 is 11.8 Å². The average molecular weight is 317 g/mol. The Kier molecular flexibility index (Phi) is 5.77. The fraction of sp³-hybridized carbons (Fsp3) is 0.312. The van der Waals surface area contributed by atoms with Crippen molar-refractivity contribution in [2.24, 2.45) is 0 Å². The number of hydrogen-bond acceptors (Lipinski definition) is 4. The Balaban J connectivity index is 1.90. The standard InChI is InChI=1S/C16H19N3O2S/c1-3-13-9-14(20)19-16(18-13)22-10-15(21)17-11(2)12-7-5-4-6-8-12/h4-9,11H,3,10H2,1-2H3,(H,17,21)(H,18,19,20). The molecule has 0 radical (unpaired) electrons. The van der Waals surface area contributed by atoms with Crippen LogP contribution in [0.3, 0.4) is 0 Å². The van der Waals surface area contributed by atoms with E-state index in [0.29, 0.717) is 11.6 Å². The smallest absolute Gasteiger partial charge is 0.251 e. The molecular formula is C16H19N3O2S. The maximum Gasteiger partial charge on any atom is 0.251 e. The Bertz CT molecular complexity index is 685. The Labute approximate surface area is 133 Å². The summed E-state index contributed by atoms with van der Waals surface area (Å²) in [4.78, 5) is 30.4. The number of aromatic nitrogens is 2. The third-order valence-corrected chi connectivity index (χ3v) is 4.03. The molecule has 0 spiro atoms. The zero-order chi connectivity index (χ0) is 15.9. The molecular weight excluding hydrogens is 298 g/mol. The lowest BCUT2D eigenvalue weighted by Gasteiger charge is -2.13. The molecule has 0 saturated carbocycles. The summed E-state index contributed by atoms with van der Waals surface area (Å²) in [5.41, 5.74) is 1.59. The third-order valence-electron chi connectivity index (χ3n) is 3.15. The monoisotopic (exact) mass is 317 g/mol. The van der Waals surface area contributed by atoms with Crippen molar-refractivity contribution in [1.82, 2.24) is 15.3 Å². The second kappa shape index (κ2) is 7.79. The van der Waals surface area contributed by atoms with E-state index in [1.165, 1.54) is 17.8 Å². The number of nitrogens with one attached hydrogen (secondary N) is 2. The molecule has 0 saturated heterocycles. The summed E-state index contributed by atoms with van der Waals surface area (Å²) in [6.07, 6.45) is 0.689. The Morgan fingerprint density at radius 2 is 2.09 bits per heavy atom. The van der Waals surface area contributed by atoms with E-state index in [9.17, 15) is 9.59 Å². The lowest BCUT2D eigenvalue weighted by Crippen LogP contribution is -2.28. The highest BCUT2D eigenvalue weighted by molar-refractivity contribution is 7.99. The summed E-state index contributed by atoms with van der Waals surface area (Å²) in [7, 11) is 0. The summed E-state index contributed by atoms with van der Waals surface area (Å²) in [6, 6.07) is 11.2. The van der Waals surface area contributed by atoms with Crippen molar-refractivity contribution < 1.29 is 4.79 Å². The molecule has 0 aliphatic heterocycles. The van der Waals surface area contributed by atoms with Gasteiger partial charge in [0.1, 0.15) is 0 Å². The molecule has 0 fully saturated rings. The van der Waals surface area contributed by atoms with Crippen LogP contribution in [0, 0.1) is 0 Å². The van der Waals surface area contributed by atoms with Crippen LogP contribution in [0.2, 0.25) is 0 Å². The minimum atomic E-state index is -0.188. The number of rotatable bonds is 6. The minimum Gasteiger partial charge on any atom is -0.349 e. The number of carbonyl (C=O) groups is 1. The van der Waals surface area contributed by atoms with Gasteiger partial charge in [-0.05, 0) is 18.9 Å². The Morgan fingerprint density at radius 3 is 2.77 bits per heavy atom. The number of amides is 1. The highest BCUT2D eigenvalue weighted by atomic mass is 32.2. The predicted octanol–water partition coefficient (Wildman–Crippen LogP) is 2.30. The number of benzene rings is 1. The molecule has 5 nitrogen and oxygen atoms in total. The number of carbonyl (C=O) groups excluding carboxylic acids is 1. The molecule has 1 aromatic heterocycles. The van der Waals surface area contributed by atoms with Crippen molar-refractivity contribution in [3.8, 4) is 0 Å². The summed E-state index contributed by atoms with van der Waals surface area (Å²) in [5.74, 6) is 0.124. The van der Waals surface area contributed by atoms with Crippen LogP contribution in [0.15, 0.2) is 46.3 Å². The highest BCUT2D eigenvalue weighted by Crippen LogP contribution is 2.14. The van der Waals surface area contributed by atoms with Gasteiger partial charge in [-0.3, -0.25) is 9.59 Å². The number of aryl methyl sites for hydroxylation is 1. The predicted molar refractivity (Wildman–Crippen MR) is 88.0 cm³/mol. The molecule has 1 atom stereocenters. The Morgan fingerprint density at radius 1 is 1.36 bits per heavy atom. The van der Waals surface area contributed by atoms with E-state index in [1.54, 1.807) is 0 Å². The molecule has 1 amide bonds. The van der Waals surface area contributed by atoms with Gasteiger partial charge in [0.25, 0.3) is 5.56 Å². The summed E-state index contributed by atoms with van der Waals surface area (Å²) in [6.45, 7) is 3.88. The first kappa shape index (κ1) is 16.3. The quantitative estimate of drug-likeness (QED) is 0.633. The molecule has 22 heavy (non-hydrogen) atoms. The van der Waals surface area contributed by atoms with Gasteiger partial charge in [0.15, 0.2) is 5.16 Å². The van der Waals surface area contributed by atoms with Crippen molar-refractivity contribution in [1.29, 1.82) is 0 Å². The Hall–Kier alpha value is -2.08. The first-order valence-corrected chi connectivity index (χ1v) is 8.14. The van der Waals surface area contributed by atoms with Crippen molar-refractivity contribution in [2.75, 3.05) is 5.75 Å². The van der Waals surface area contributed by atoms with Gasteiger partial charge in [0.05, 0.1) is 11.8 Å². The SMILES string of the molecule is CCc1cc(=O)[nH]c(SCC(=O)NC(C)c2ccccc2)n1. The third kappa shape index (κ3) is 4.73. The van der Waals surface area contributed by atoms with Gasteiger partial charge in [0, 0.05) is 11.8 Å². The van der Waals surface area contributed by atoms with Crippen LogP contribution in [0.1, 0.15) is 31.1 Å². The maximum atomic E-state index is 12.0. The molecule has 6 heteroatoms. The fourth-order valence-electron chi connectivity index (χ4n) is 1.98. The van der Waals surface area contributed by atoms with Crippen LogP contribution in [0.5, 0.6) is 0 Å². The second-order valence-electron chi connectivity index (χ2n) is 4.88. The molecule has 2 rings (SSSR count). The number of H-pyrrole nitrogens is 1. The fourth-order valence-corrected chi connectivity index (χ4v) is 2.68. The van der Waals surface area contributed by atoms with E-state index in [1.807, 2.05) is 44.2 Å². The van der Waals surface area contributed by atoms with Gasteiger partial charge in [-0.15, -0.1) is 0 Å². The van der Waals surface area contributed by atoms with Crippen LogP contribution in [-0.2, 0) is 11.2 Å². The van der Waals surface area contributed by atoms with Crippen LogP contribution in [-0.4, -0.2) is 21.6 Å². The molecule has 1 unspecified atom stereocenters. The van der Waals surface area contributed by atoms with E-state index >= 15 is 0 Å². The molecule has 116 valence electrons. The van der Waals surface area contributed by atoms with Gasteiger partial charge < -0.3 is 10.3 Å². The van der Waals surface area contributed by atoms with Crippen molar-refractivity contribution in [3.05, 3.63) is 58.0 Å². The van der Waals surface area contributed by atoms with Gasteiger partial charge in [0.2, 0.25) is 5.91 Å². The summed E-state index contributed by atoms with van der Waals surface area (Å²) >= 11 is 1.23. The van der Waals surface area contributed by atoms with Crippen molar-refractivity contribution in [2.45, 2.75) is 31.5 Å². The largest absolute Gasteiger partial charge is 0.349 e. The van der Waals surface area contributed by atoms with Crippen LogP contribution in [0.25, 0.3) is 0 Å². The van der Waals surface area contributed by atoms with Gasteiger partial charge >= 0.3 is 0 Å². The van der Waals surface area contributed by atoms with E-state index in [0.717, 1.165) is 11.3 Å². The average Bonchev–Trinajstić information content (AvgIpc) is 2.53. The second-order valence-corrected chi connectivity index (χ2v) is 5.85. The normalized spacial score (nSPS) is 11.9. The first-order chi connectivity index (χ1) is 10.6. The van der Waals surface area contributed by atoms with E-state index in [4.69, 9.17) is 0 Å². The molecule has 1 aromatic carbocycles. The van der Waals surface area contributed by atoms with Crippen molar-refractivity contribution in [3.63, 3.8) is 0 Å². The van der Waals surface area contributed by atoms with E-state index in [-0.39, 0.29) is 23.3 Å². The molecule has 2 aromatic rings. The number of nitrogens with zero attached hydrogens (tertiary/aromatic N) is 1. The number of aromatic amines is 1. The zero-order valence-corrected chi connectivity index (χ0v) is 13.4. The molecule has 0 aliphatic rings. The van der Waals surface area contributed by atoms with Crippen molar-refractivity contribution >= 4 is 17.7 Å². The number of hydrogen-bond donors (Lipinski definition) is 2. The molecule has 0 bridgehead atoms. The zero-order valence-electron chi connectivity index (χ0n) is 12.6.